The Bertz CT molecular complexity index is 1010. The molecular weight excluding hydrogens is 400 g/mol. The van der Waals surface area contributed by atoms with Gasteiger partial charge in [0.05, 0.1) is 6.04 Å². The van der Waals surface area contributed by atoms with Crippen LogP contribution in [0, 0.1) is 0 Å². The van der Waals surface area contributed by atoms with Gasteiger partial charge in [-0.1, -0.05) is 66.7 Å². The predicted molar refractivity (Wildman–Crippen MR) is 124 cm³/mol. The van der Waals surface area contributed by atoms with Crippen LogP contribution in [0.3, 0.4) is 0 Å². The van der Waals surface area contributed by atoms with Gasteiger partial charge in [-0.05, 0) is 29.2 Å². The number of nitrogens with two attached hydrogens (primary N) is 1. The highest BCUT2D eigenvalue weighted by molar-refractivity contribution is 5.92. The van der Waals surface area contributed by atoms with E-state index in [1.165, 1.54) is 11.1 Å². The van der Waals surface area contributed by atoms with E-state index in [2.05, 4.69) is 58.4 Å². The molecule has 0 unspecified atom stereocenters. The lowest BCUT2D eigenvalue weighted by Gasteiger charge is -2.40. The number of aryl methyl sites for hydroxylation is 1. The van der Waals surface area contributed by atoms with E-state index in [1.807, 2.05) is 23.1 Å². The molecule has 1 aliphatic heterocycles. The van der Waals surface area contributed by atoms with E-state index in [9.17, 15) is 9.59 Å². The number of piperazine rings is 1. The molecule has 3 aromatic rings. The molecule has 2 N–H and O–H groups in total. The highest BCUT2D eigenvalue weighted by atomic mass is 16.2. The Labute approximate surface area is 188 Å². The molecule has 4 rings (SSSR count). The zero-order valence-electron chi connectivity index (χ0n) is 18.1. The molecule has 6 heteroatoms. The first-order valence-electron chi connectivity index (χ1n) is 11.0. The number of primary amides is 1. The number of nitrogens with zero attached hydrogens (tertiary/aromatic N) is 3. The number of rotatable bonds is 7. The molecule has 32 heavy (non-hydrogen) atoms. The molecule has 1 saturated heterocycles. The summed E-state index contributed by atoms with van der Waals surface area (Å²) in [6.45, 7) is 2.98. The van der Waals surface area contributed by atoms with Crippen LogP contribution in [0.15, 0.2) is 79.0 Å². The molecule has 1 aromatic heterocycles. The van der Waals surface area contributed by atoms with Gasteiger partial charge in [0.1, 0.15) is 5.69 Å². The minimum Gasteiger partial charge on any atom is -0.364 e. The predicted octanol–water partition coefficient (Wildman–Crippen LogP) is 3.05. The summed E-state index contributed by atoms with van der Waals surface area (Å²) in [5, 5.41) is 0. The Balaban J connectivity index is 1.39. The fourth-order valence-electron chi connectivity index (χ4n) is 4.38. The maximum Gasteiger partial charge on any atom is 0.267 e. The molecule has 6 nitrogen and oxygen atoms in total. The van der Waals surface area contributed by atoms with E-state index in [0.717, 1.165) is 18.7 Å². The second-order valence-electron chi connectivity index (χ2n) is 8.02. The molecule has 0 aliphatic carbocycles. The Kier molecular flexibility index (Phi) is 6.92. The lowest BCUT2D eigenvalue weighted by Crippen LogP contribution is -2.49. The van der Waals surface area contributed by atoms with Crippen molar-refractivity contribution in [3.05, 3.63) is 101 Å². The highest BCUT2D eigenvalue weighted by Gasteiger charge is 2.28. The van der Waals surface area contributed by atoms with Crippen molar-refractivity contribution in [2.75, 3.05) is 26.2 Å². The summed E-state index contributed by atoms with van der Waals surface area (Å²) in [5.74, 6) is -0.463. The number of amides is 2. The Morgan fingerprint density at radius 1 is 0.844 bits per heavy atom. The summed E-state index contributed by atoms with van der Waals surface area (Å²) in [5.41, 5.74) is 8.89. The van der Waals surface area contributed by atoms with Crippen molar-refractivity contribution in [1.82, 2.24) is 14.8 Å². The van der Waals surface area contributed by atoms with Gasteiger partial charge in [0.25, 0.3) is 5.91 Å². The topological polar surface area (TPSA) is 79.5 Å². The van der Waals surface area contributed by atoms with Crippen molar-refractivity contribution < 1.29 is 9.59 Å². The van der Waals surface area contributed by atoms with Crippen molar-refractivity contribution in [3.8, 4) is 0 Å². The van der Waals surface area contributed by atoms with E-state index in [-0.39, 0.29) is 17.6 Å². The summed E-state index contributed by atoms with van der Waals surface area (Å²) in [7, 11) is 0. The molecular formula is C26H28N4O2. The van der Waals surface area contributed by atoms with Crippen molar-refractivity contribution in [1.29, 1.82) is 0 Å². The minimum absolute atomic E-state index is 0.0971. The fourth-order valence-corrected chi connectivity index (χ4v) is 4.38. The first kappa shape index (κ1) is 21.7. The van der Waals surface area contributed by atoms with Crippen molar-refractivity contribution >= 4 is 11.8 Å². The van der Waals surface area contributed by atoms with E-state index >= 15 is 0 Å². The van der Waals surface area contributed by atoms with Gasteiger partial charge in [-0.2, -0.15) is 0 Å². The standard InChI is InChI=1S/C26H28N4O2/c27-26(32)24-20(12-7-15-28-24)13-14-23(31)29-16-18-30(19-17-29)25(21-8-3-1-4-9-21)22-10-5-2-6-11-22/h1-12,15,25H,13-14,16-19H2,(H2,27,32). The lowest BCUT2D eigenvalue weighted by atomic mass is 9.96. The molecule has 2 amide bonds. The third-order valence-electron chi connectivity index (χ3n) is 6.00. The normalized spacial score (nSPS) is 14.5. The SMILES string of the molecule is NC(=O)c1ncccc1CCC(=O)N1CCN(C(c2ccccc2)c2ccccc2)CC1. The van der Waals surface area contributed by atoms with Crippen molar-refractivity contribution in [3.63, 3.8) is 0 Å². The fraction of sp³-hybridized carbons (Fsp3) is 0.269. The zero-order valence-corrected chi connectivity index (χ0v) is 18.1. The molecule has 0 radical (unpaired) electrons. The van der Waals surface area contributed by atoms with Crippen LogP contribution in [0.25, 0.3) is 0 Å². The number of benzene rings is 2. The summed E-state index contributed by atoms with van der Waals surface area (Å²) in [4.78, 5) is 32.8. The first-order chi connectivity index (χ1) is 15.6. The number of hydrogen-bond donors (Lipinski definition) is 1. The highest BCUT2D eigenvalue weighted by Crippen LogP contribution is 2.29. The second kappa shape index (κ2) is 10.2. The van der Waals surface area contributed by atoms with Crippen LogP contribution in [0.5, 0.6) is 0 Å². The molecule has 0 atom stereocenters. The van der Waals surface area contributed by atoms with Crippen LogP contribution in [0.2, 0.25) is 0 Å². The van der Waals surface area contributed by atoms with Crippen LogP contribution in [0.4, 0.5) is 0 Å². The van der Waals surface area contributed by atoms with Gasteiger partial charge < -0.3 is 10.6 Å². The number of hydrogen-bond acceptors (Lipinski definition) is 4. The van der Waals surface area contributed by atoms with Crippen LogP contribution in [-0.4, -0.2) is 52.8 Å². The molecule has 0 spiro atoms. The largest absolute Gasteiger partial charge is 0.364 e. The number of carbonyl (C=O) groups is 2. The van der Waals surface area contributed by atoms with Crippen LogP contribution >= 0.6 is 0 Å². The quantitative estimate of drug-likeness (QED) is 0.627. The Hall–Kier alpha value is -3.51. The minimum atomic E-state index is -0.561. The van der Waals surface area contributed by atoms with Crippen molar-refractivity contribution in [2.24, 2.45) is 5.73 Å². The van der Waals surface area contributed by atoms with E-state index in [1.54, 1.807) is 12.3 Å². The summed E-state index contributed by atoms with van der Waals surface area (Å²) >= 11 is 0. The lowest BCUT2D eigenvalue weighted by molar-refractivity contribution is -0.133. The first-order valence-corrected chi connectivity index (χ1v) is 11.0. The number of carbonyl (C=O) groups excluding carboxylic acids is 2. The molecule has 0 saturated carbocycles. The Morgan fingerprint density at radius 3 is 2.00 bits per heavy atom. The summed E-state index contributed by atoms with van der Waals surface area (Å²) in [6, 6.07) is 24.8. The van der Waals surface area contributed by atoms with Gasteiger partial charge in [-0.25, -0.2) is 0 Å². The van der Waals surface area contributed by atoms with Crippen molar-refractivity contribution in [2.45, 2.75) is 18.9 Å². The average molecular weight is 429 g/mol. The van der Waals surface area contributed by atoms with Gasteiger partial charge in [0, 0.05) is 38.8 Å². The van der Waals surface area contributed by atoms with Crippen LogP contribution in [0.1, 0.15) is 39.6 Å². The summed E-state index contributed by atoms with van der Waals surface area (Å²) < 4.78 is 0. The molecule has 1 aliphatic rings. The molecule has 164 valence electrons. The van der Waals surface area contributed by atoms with E-state index in [0.29, 0.717) is 25.9 Å². The second-order valence-corrected chi connectivity index (χ2v) is 8.02. The molecule has 2 heterocycles. The molecule has 2 aromatic carbocycles. The smallest absolute Gasteiger partial charge is 0.267 e. The third kappa shape index (κ3) is 5.03. The van der Waals surface area contributed by atoms with E-state index < -0.39 is 5.91 Å². The molecule has 0 bridgehead atoms. The monoisotopic (exact) mass is 428 g/mol. The Morgan fingerprint density at radius 2 is 1.44 bits per heavy atom. The van der Waals surface area contributed by atoms with Gasteiger partial charge in [0.2, 0.25) is 5.91 Å². The number of pyridine rings is 1. The zero-order chi connectivity index (χ0) is 22.3. The maximum absolute atomic E-state index is 12.8. The van der Waals surface area contributed by atoms with Crippen LogP contribution < -0.4 is 5.73 Å². The average Bonchev–Trinajstić information content (AvgIpc) is 2.84. The van der Waals surface area contributed by atoms with Gasteiger partial charge in [-0.3, -0.25) is 19.5 Å². The van der Waals surface area contributed by atoms with Gasteiger partial charge >= 0.3 is 0 Å². The maximum atomic E-state index is 12.8. The molecule has 1 fully saturated rings. The van der Waals surface area contributed by atoms with E-state index in [4.69, 9.17) is 5.73 Å². The third-order valence-corrected chi connectivity index (χ3v) is 6.00. The van der Waals surface area contributed by atoms with Gasteiger partial charge in [0.15, 0.2) is 0 Å². The summed E-state index contributed by atoms with van der Waals surface area (Å²) in [6.07, 6.45) is 2.34. The van der Waals surface area contributed by atoms with Gasteiger partial charge in [-0.15, -0.1) is 0 Å². The van der Waals surface area contributed by atoms with Crippen LogP contribution in [-0.2, 0) is 11.2 Å². The number of aromatic nitrogens is 1.